The molecule has 0 aromatic heterocycles. The predicted octanol–water partition coefficient (Wildman–Crippen LogP) is 4.06. The second kappa shape index (κ2) is 5.37. The van der Waals surface area contributed by atoms with Crippen LogP contribution in [0.2, 0.25) is 0 Å². The van der Waals surface area contributed by atoms with Crippen LogP contribution < -0.4 is 5.32 Å². The number of hydrogen-bond acceptors (Lipinski definition) is 2. The fraction of sp³-hybridized carbons (Fsp3) is 0.500. The standard InChI is InChI=1S/C12H18BrNS/c1-12(2,3)15-11-7-10(13)6-5-9(11)8-14-4/h5-7,14H,8H2,1-4H3. The van der Waals surface area contributed by atoms with Crippen molar-refractivity contribution < 1.29 is 0 Å². The number of halogens is 1. The molecule has 1 N–H and O–H groups in total. The van der Waals surface area contributed by atoms with Crippen LogP contribution in [0.5, 0.6) is 0 Å². The van der Waals surface area contributed by atoms with Crippen LogP contribution in [-0.4, -0.2) is 11.8 Å². The molecule has 1 aromatic rings. The van der Waals surface area contributed by atoms with Crippen molar-refractivity contribution in [3.8, 4) is 0 Å². The average Bonchev–Trinajstić information content (AvgIpc) is 2.07. The second-order valence-electron chi connectivity index (χ2n) is 4.50. The Bertz CT molecular complexity index is 331. The summed E-state index contributed by atoms with van der Waals surface area (Å²) in [6.07, 6.45) is 0. The molecule has 0 unspecified atom stereocenters. The third kappa shape index (κ3) is 4.58. The maximum Gasteiger partial charge on any atom is 0.0213 e. The maximum absolute atomic E-state index is 3.52. The van der Waals surface area contributed by atoms with Gasteiger partial charge in [-0.1, -0.05) is 42.8 Å². The van der Waals surface area contributed by atoms with Crippen LogP contribution in [0.4, 0.5) is 0 Å². The Morgan fingerprint density at radius 1 is 1.33 bits per heavy atom. The smallest absolute Gasteiger partial charge is 0.0213 e. The molecule has 0 amide bonds. The van der Waals surface area contributed by atoms with Crippen LogP contribution >= 0.6 is 27.7 Å². The van der Waals surface area contributed by atoms with E-state index >= 15 is 0 Å². The lowest BCUT2D eigenvalue weighted by atomic mass is 10.2. The lowest BCUT2D eigenvalue weighted by Crippen LogP contribution is -2.10. The summed E-state index contributed by atoms with van der Waals surface area (Å²) < 4.78 is 1.40. The molecular formula is C12H18BrNS. The van der Waals surface area contributed by atoms with E-state index in [9.17, 15) is 0 Å². The van der Waals surface area contributed by atoms with Crippen LogP contribution in [0.25, 0.3) is 0 Å². The van der Waals surface area contributed by atoms with E-state index in [4.69, 9.17) is 0 Å². The Hall–Kier alpha value is 0.01000. The molecule has 0 saturated carbocycles. The topological polar surface area (TPSA) is 12.0 Å². The first-order valence-electron chi connectivity index (χ1n) is 5.04. The van der Waals surface area contributed by atoms with Gasteiger partial charge in [0.05, 0.1) is 0 Å². The molecule has 1 rings (SSSR count). The minimum absolute atomic E-state index is 0.253. The largest absolute Gasteiger partial charge is 0.316 e. The molecule has 0 spiro atoms. The summed E-state index contributed by atoms with van der Waals surface area (Å²) in [6, 6.07) is 6.47. The summed E-state index contributed by atoms with van der Waals surface area (Å²) >= 11 is 5.43. The van der Waals surface area contributed by atoms with E-state index in [0.29, 0.717) is 0 Å². The maximum atomic E-state index is 3.52. The third-order valence-electron chi connectivity index (χ3n) is 1.81. The van der Waals surface area contributed by atoms with Gasteiger partial charge in [0.1, 0.15) is 0 Å². The van der Waals surface area contributed by atoms with Gasteiger partial charge < -0.3 is 5.32 Å². The van der Waals surface area contributed by atoms with Gasteiger partial charge in [-0.3, -0.25) is 0 Å². The lowest BCUT2D eigenvalue weighted by Gasteiger charge is -2.20. The highest BCUT2D eigenvalue weighted by atomic mass is 79.9. The van der Waals surface area contributed by atoms with Crippen LogP contribution in [0.15, 0.2) is 27.6 Å². The van der Waals surface area contributed by atoms with Gasteiger partial charge in [0.15, 0.2) is 0 Å². The number of benzene rings is 1. The molecule has 0 radical (unpaired) electrons. The van der Waals surface area contributed by atoms with E-state index in [-0.39, 0.29) is 4.75 Å². The monoisotopic (exact) mass is 287 g/mol. The van der Waals surface area contributed by atoms with Crippen molar-refractivity contribution in [2.45, 2.75) is 37.0 Å². The summed E-state index contributed by atoms with van der Waals surface area (Å²) in [5.74, 6) is 0. The van der Waals surface area contributed by atoms with Gasteiger partial charge in [-0.25, -0.2) is 0 Å². The molecule has 84 valence electrons. The van der Waals surface area contributed by atoms with E-state index in [1.54, 1.807) is 0 Å². The van der Waals surface area contributed by atoms with E-state index in [0.717, 1.165) is 11.0 Å². The van der Waals surface area contributed by atoms with Crippen LogP contribution in [0.1, 0.15) is 26.3 Å². The molecule has 0 bridgehead atoms. The predicted molar refractivity (Wildman–Crippen MR) is 72.5 cm³/mol. The van der Waals surface area contributed by atoms with Crippen molar-refractivity contribution in [1.29, 1.82) is 0 Å². The summed E-state index contributed by atoms with van der Waals surface area (Å²) in [4.78, 5) is 1.35. The minimum atomic E-state index is 0.253. The number of thioether (sulfide) groups is 1. The van der Waals surface area contributed by atoms with Crippen molar-refractivity contribution in [1.82, 2.24) is 5.32 Å². The molecular weight excluding hydrogens is 270 g/mol. The normalized spacial score (nSPS) is 11.8. The zero-order valence-corrected chi connectivity index (χ0v) is 12.1. The van der Waals surface area contributed by atoms with E-state index < -0.39 is 0 Å². The Kier molecular flexibility index (Phi) is 4.68. The molecule has 0 atom stereocenters. The summed E-state index contributed by atoms with van der Waals surface area (Å²) in [5, 5.41) is 3.20. The average molecular weight is 288 g/mol. The van der Waals surface area contributed by atoms with E-state index in [1.165, 1.54) is 10.5 Å². The minimum Gasteiger partial charge on any atom is -0.316 e. The highest BCUT2D eigenvalue weighted by molar-refractivity contribution is 9.10. The Labute approximate surface area is 105 Å². The molecule has 0 aliphatic heterocycles. The Balaban J connectivity index is 2.96. The molecule has 0 aliphatic carbocycles. The van der Waals surface area contributed by atoms with Gasteiger partial charge in [0.2, 0.25) is 0 Å². The Morgan fingerprint density at radius 2 is 2.00 bits per heavy atom. The van der Waals surface area contributed by atoms with Crippen molar-refractivity contribution in [2.75, 3.05) is 7.05 Å². The summed E-state index contributed by atoms with van der Waals surface area (Å²) in [5.41, 5.74) is 1.36. The highest BCUT2D eigenvalue weighted by Gasteiger charge is 2.14. The van der Waals surface area contributed by atoms with Gasteiger partial charge in [-0.2, -0.15) is 0 Å². The second-order valence-corrected chi connectivity index (χ2v) is 7.28. The van der Waals surface area contributed by atoms with Gasteiger partial charge in [0, 0.05) is 20.7 Å². The quantitative estimate of drug-likeness (QED) is 0.842. The molecule has 0 fully saturated rings. The van der Waals surface area contributed by atoms with E-state index in [1.807, 2.05) is 18.8 Å². The van der Waals surface area contributed by atoms with Crippen molar-refractivity contribution in [3.05, 3.63) is 28.2 Å². The highest BCUT2D eigenvalue weighted by Crippen LogP contribution is 2.35. The zero-order valence-electron chi connectivity index (χ0n) is 9.73. The molecule has 0 saturated heterocycles. The van der Waals surface area contributed by atoms with Crippen molar-refractivity contribution in [2.24, 2.45) is 0 Å². The SMILES string of the molecule is CNCc1ccc(Br)cc1SC(C)(C)C. The fourth-order valence-corrected chi connectivity index (χ4v) is 2.92. The zero-order chi connectivity index (χ0) is 11.5. The molecule has 15 heavy (non-hydrogen) atoms. The number of rotatable bonds is 3. The van der Waals surface area contributed by atoms with Gasteiger partial charge in [0.25, 0.3) is 0 Å². The molecule has 0 aliphatic rings. The molecule has 1 aromatic carbocycles. The van der Waals surface area contributed by atoms with Crippen molar-refractivity contribution >= 4 is 27.7 Å². The first kappa shape index (κ1) is 13.1. The van der Waals surface area contributed by atoms with Crippen LogP contribution in [-0.2, 0) is 6.54 Å². The Morgan fingerprint density at radius 3 is 2.53 bits per heavy atom. The van der Waals surface area contributed by atoms with E-state index in [2.05, 4.69) is 60.2 Å². The van der Waals surface area contributed by atoms with Gasteiger partial charge in [-0.15, -0.1) is 11.8 Å². The summed E-state index contributed by atoms with van der Waals surface area (Å²) in [7, 11) is 1.98. The first-order chi connectivity index (χ1) is 6.92. The molecule has 1 nitrogen and oxygen atoms in total. The van der Waals surface area contributed by atoms with Crippen LogP contribution in [0, 0.1) is 0 Å². The van der Waals surface area contributed by atoms with Gasteiger partial charge in [-0.05, 0) is 24.7 Å². The fourth-order valence-electron chi connectivity index (χ4n) is 1.29. The molecule has 0 heterocycles. The summed E-state index contributed by atoms with van der Waals surface area (Å²) in [6.45, 7) is 7.64. The number of hydrogen-bond donors (Lipinski definition) is 1. The lowest BCUT2D eigenvalue weighted by molar-refractivity contribution is 0.786. The number of nitrogens with one attached hydrogen (secondary N) is 1. The van der Waals surface area contributed by atoms with Gasteiger partial charge >= 0.3 is 0 Å². The third-order valence-corrected chi connectivity index (χ3v) is 3.52. The van der Waals surface area contributed by atoms with Crippen LogP contribution in [0.3, 0.4) is 0 Å². The molecule has 3 heteroatoms. The first-order valence-corrected chi connectivity index (χ1v) is 6.65. The van der Waals surface area contributed by atoms with Crippen molar-refractivity contribution in [3.63, 3.8) is 0 Å².